The summed E-state index contributed by atoms with van der Waals surface area (Å²) in [4.78, 5) is 40.0. The van der Waals surface area contributed by atoms with Gasteiger partial charge in [-0.05, 0) is 73.7 Å². The summed E-state index contributed by atoms with van der Waals surface area (Å²) < 4.78 is 0. The number of hydrogen-bond donors (Lipinski definition) is 3. The van der Waals surface area contributed by atoms with Gasteiger partial charge in [0.25, 0.3) is 0 Å². The van der Waals surface area contributed by atoms with Crippen LogP contribution in [0.25, 0.3) is 0 Å². The Kier molecular flexibility index (Phi) is 11.4. The largest absolute Gasteiger partial charge is 0.353 e. The van der Waals surface area contributed by atoms with Crippen molar-refractivity contribution in [2.24, 2.45) is 47.3 Å². The van der Waals surface area contributed by atoms with Crippen LogP contribution in [0.1, 0.15) is 98.6 Å². The molecule has 3 amide bonds. The number of benzene rings is 1. The highest BCUT2D eigenvalue weighted by atomic mass is 16.2. The topological polar surface area (TPSA) is 87.3 Å². The molecule has 0 heterocycles. The number of nitrogens with one attached hydrogen (secondary N) is 3. The van der Waals surface area contributed by atoms with Crippen LogP contribution in [0.4, 0.5) is 0 Å². The number of rotatable bonds is 10. The lowest BCUT2D eigenvalue weighted by Gasteiger charge is -2.37. The molecule has 8 atom stereocenters. The van der Waals surface area contributed by atoms with Gasteiger partial charge >= 0.3 is 0 Å². The lowest BCUT2D eigenvalue weighted by Crippen LogP contribution is -2.51. The third-order valence-electron chi connectivity index (χ3n) is 9.47. The van der Waals surface area contributed by atoms with E-state index < -0.39 is 6.04 Å². The van der Waals surface area contributed by atoms with Crippen molar-refractivity contribution in [2.75, 3.05) is 6.54 Å². The van der Waals surface area contributed by atoms with E-state index in [0.717, 1.165) is 37.7 Å². The maximum atomic E-state index is 13.4. The fraction of sp³-hybridized carbons (Fsp3) is 0.727. The van der Waals surface area contributed by atoms with Crippen LogP contribution in [-0.4, -0.2) is 30.3 Å². The zero-order valence-corrected chi connectivity index (χ0v) is 25.3. The Hall–Kier alpha value is -2.37. The average Bonchev–Trinajstić information content (AvgIpc) is 2.90. The molecular weight excluding hydrogens is 486 g/mol. The van der Waals surface area contributed by atoms with Crippen LogP contribution in [-0.2, 0) is 14.4 Å². The van der Waals surface area contributed by atoms with Crippen molar-refractivity contribution in [1.29, 1.82) is 0 Å². The minimum absolute atomic E-state index is 0.00544. The van der Waals surface area contributed by atoms with Gasteiger partial charge < -0.3 is 16.0 Å². The predicted octanol–water partition coefficient (Wildman–Crippen LogP) is 5.88. The summed E-state index contributed by atoms with van der Waals surface area (Å²) in [7, 11) is 0. The standard InChI is InChI=1S/C33H53N3O3/c1-20(2)26-15-13-22(5)17-28(26)32(38)34-19-30(25-11-9-8-10-12-25)36-31(37)24(7)35-33(39)29-18-23(6)14-16-27(29)21(3)4/h8-12,20-24,26-30H,13-19H2,1-7H3,(H,34,38)(H,35,39)(H,36,37)/t22-,23-,24-,26+,27+,28-,29-,30-/m1/s1. The van der Waals surface area contributed by atoms with Gasteiger partial charge in [-0.1, -0.05) is 84.7 Å². The van der Waals surface area contributed by atoms with Crippen molar-refractivity contribution in [2.45, 2.75) is 99.1 Å². The quantitative estimate of drug-likeness (QED) is 0.347. The van der Waals surface area contributed by atoms with Crippen molar-refractivity contribution >= 4 is 17.7 Å². The highest BCUT2D eigenvalue weighted by molar-refractivity contribution is 5.88. The normalized spacial score (nSPS) is 28.9. The van der Waals surface area contributed by atoms with Crippen LogP contribution >= 0.6 is 0 Å². The Labute approximate surface area is 236 Å². The summed E-state index contributed by atoms with van der Waals surface area (Å²) >= 11 is 0. The van der Waals surface area contributed by atoms with E-state index in [0.29, 0.717) is 42.1 Å². The summed E-state index contributed by atoms with van der Waals surface area (Å²) in [6.45, 7) is 15.3. The fourth-order valence-electron chi connectivity index (χ4n) is 6.96. The summed E-state index contributed by atoms with van der Waals surface area (Å²) in [5, 5.41) is 9.30. The molecule has 2 saturated carbocycles. The monoisotopic (exact) mass is 539 g/mol. The number of hydrogen-bond acceptors (Lipinski definition) is 3. The van der Waals surface area contributed by atoms with Gasteiger partial charge in [0, 0.05) is 18.4 Å². The van der Waals surface area contributed by atoms with Crippen LogP contribution in [0, 0.1) is 47.3 Å². The molecular formula is C33H53N3O3. The van der Waals surface area contributed by atoms with Gasteiger partial charge in [0.1, 0.15) is 6.04 Å². The van der Waals surface area contributed by atoms with E-state index in [1.54, 1.807) is 6.92 Å². The molecule has 1 aromatic rings. The molecule has 0 unspecified atom stereocenters. The Balaban J connectivity index is 1.65. The minimum atomic E-state index is -0.658. The Morgan fingerprint density at radius 3 is 1.77 bits per heavy atom. The molecule has 2 aliphatic rings. The molecule has 6 nitrogen and oxygen atoms in total. The van der Waals surface area contributed by atoms with E-state index in [-0.39, 0.29) is 35.6 Å². The predicted molar refractivity (Wildman–Crippen MR) is 158 cm³/mol. The van der Waals surface area contributed by atoms with E-state index in [4.69, 9.17) is 0 Å². The summed E-state index contributed by atoms with van der Waals surface area (Å²) in [6.07, 6.45) is 6.27. The van der Waals surface area contributed by atoms with Crippen molar-refractivity contribution in [3.63, 3.8) is 0 Å². The molecule has 2 aliphatic carbocycles. The lowest BCUT2D eigenvalue weighted by molar-refractivity contribution is -0.134. The first kappa shape index (κ1) is 31.2. The van der Waals surface area contributed by atoms with E-state index in [1.807, 2.05) is 30.3 Å². The first-order valence-corrected chi connectivity index (χ1v) is 15.4. The van der Waals surface area contributed by atoms with E-state index >= 15 is 0 Å². The molecule has 6 heteroatoms. The summed E-state index contributed by atoms with van der Waals surface area (Å²) in [6, 6.07) is 8.72. The molecule has 3 N–H and O–H groups in total. The van der Waals surface area contributed by atoms with Gasteiger partial charge in [0.15, 0.2) is 0 Å². The van der Waals surface area contributed by atoms with Crippen molar-refractivity contribution < 1.29 is 14.4 Å². The van der Waals surface area contributed by atoms with E-state index in [9.17, 15) is 14.4 Å². The Morgan fingerprint density at radius 2 is 1.26 bits per heavy atom. The van der Waals surface area contributed by atoms with Crippen LogP contribution in [0.2, 0.25) is 0 Å². The van der Waals surface area contributed by atoms with Crippen molar-refractivity contribution in [3.05, 3.63) is 35.9 Å². The Morgan fingerprint density at radius 1 is 0.744 bits per heavy atom. The third kappa shape index (κ3) is 8.56. The van der Waals surface area contributed by atoms with E-state index in [2.05, 4.69) is 57.5 Å². The second-order valence-electron chi connectivity index (χ2n) is 13.3. The number of amides is 3. The molecule has 1 aromatic carbocycles. The zero-order chi connectivity index (χ0) is 28.7. The second-order valence-corrected chi connectivity index (χ2v) is 13.3. The average molecular weight is 540 g/mol. The Bertz CT molecular complexity index is 947. The van der Waals surface area contributed by atoms with Crippen LogP contribution in [0.5, 0.6) is 0 Å². The van der Waals surface area contributed by atoms with Crippen molar-refractivity contribution in [1.82, 2.24) is 16.0 Å². The summed E-state index contributed by atoms with van der Waals surface area (Å²) in [5.74, 6) is 2.49. The maximum absolute atomic E-state index is 13.4. The molecule has 0 aromatic heterocycles. The van der Waals surface area contributed by atoms with Crippen LogP contribution in [0.15, 0.2) is 30.3 Å². The molecule has 0 radical (unpaired) electrons. The van der Waals surface area contributed by atoms with Gasteiger partial charge in [-0.25, -0.2) is 0 Å². The first-order valence-electron chi connectivity index (χ1n) is 15.4. The third-order valence-corrected chi connectivity index (χ3v) is 9.47. The van der Waals surface area contributed by atoms with E-state index in [1.165, 1.54) is 6.42 Å². The summed E-state index contributed by atoms with van der Waals surface area (Å²) in [5.41, 5.74) is 0.933. The van der Waals surface area contributed by atoms with Gasteiger partial charge in [0.2, 0.25) is 17.7 Å². The molecule has 3 rings (SSSR count). The van der Waals surface area contributed by atoms with Gasteiger partial charge in [-0.3, -0.25) is 14.4 Å². The smallest absolute Gasteiger partial charge is 0.242 e. The molecule has 0 bridgehead atoms. The number of carbonyl (C=O) groups is 3. The van der Waals surface area contributed by atoms with Crippen LogP contribution in [0.3, 0.4) is 0 Å². The number of carbonyl (C=O) groups excluding carboxylic acids is 3. The SMILES string of the molecule is CC(C)[C@@H]1CC[C@@H](C)C[C@H]1C(=O)NC[C@@H](NC(=O)[C@@H](C)NC(=O)[C@@H]1C[C@H](C)CC[C@H]1C(C)C)c1ccccc1. The first-order chi connectivity index (χ1) is 18.5. The second kappa shape index (κ2) is 14.3. The van der Waals surface area contributed by atoms with Crippen LogP contribution < -0.4 is 16.0 Å². The molecule has 39 heavy (non-hydrogen) atoms. The molecule has 0 spiro atoms. The highest BCUT2D eigenvalue weighted by Gasteiger charge is 2.37. The lowest BCUT2D eigenvalue weighted by atomic mass is 9.69. The molecule has 218 valence electrons. The van der Waals surface area contributed by atoms with Gasteiger partial charge in [0.05, 0.1) is 6.04 Å². The molecule has 0 aliphatic heterocycles. The molecule has 2 fully saturated rings. The van der Waals surface area contributed by atoms with Gasteiger partial charge in [-0.15, -0.1) is 0 Å². The van der Waals surface area contributed by atoms with Crippen molar-refractivity contribution in [3.8, 4) is 0 Å². The molecule has 0 saturated heterocycles. The van der Waals surface area contributed by atoms with Gasteiger partial charge in [-0.2, -0.15) is 0 Å². The fourth-order valence-corrected chi connectivity index (χ4v) is 6.96. The highest BCUT2D eigenvalue weighted by Crippen LogP contribution is 2.39. The minimum Gasteiger partial charge on any atom is -0.353 e. The maximum Gasteiger partial charge on any atom is 0.242 e. The zero-order valence-electron chi connectivity index (χ0n) is 25.3.